The Balaban J connectivity index is 2.02. The lowest BCUT2D eigenvalue weighted by Crippen LogP contribution is -2.15. The summed E-state index contributed by atoms with van der Waals surface area (Å²) in [6.07, 6.45) is 1.40. The van der Waals surface area contributed by atoms with Gasteiger partial charge >= 0.3 is 0 Å². The van der Waals surface area contributed by atoms with Crippen molar-refractivity contribution in [2.45, 2.75) is 20.0 Å². The van der Waals surface area contributed by atoms with E-state index < -0.39 is 0 Å². The number of hydrogen-bond acceptors (Lipinski definition) is 7. The van der Waals surface area contributed by atoms with Crippen LogP contribution in [0, 0.1) is 6.92 Å². The van der Waals surface area contributed by atoms with E-state index in [0.29, 0.717) is 24.8 Å². The molecule has 0 aromatic carbocycles. The van der Waals surface area contributed by atoms with Gasteiger partial charge in [-0.05, 0) is 6.92 Å². The van der Waals surface area contributed by atoms with Crippen molar-refractivity contribution in [2.24, 2.45) is 0 Å². The van der Waals surface area contributed by atoms with E-state index in [-0.39, 0.29) is 0 Å². The summed E-state index contributed by atoms with van der Waals surface area (Å²) in [6.45, 7) is 2.95. The number of hydrogen-bond donors (Lipinski definition) is 1. The fourth-order valence-electron chi connectivity index (χ4n) is 1.70. The Morgan fingerprint density at radius 2 is 1.84 bits per heavy atom. The van der Waals surface area contributed by atoms with Crippen LogP contribution >= 0.6 is 0 Å². The average Bonchev–Trinajstić information content (AvgIpc) is 2.84. The van der Waals surface area contributed by atoms with Crippen molar-refractivity contribution in [1.29, 1.82) is 0 Å². The van der Waals surface area contributed by atoms with Gasteiger partial charge in [-0.3, -0.25) is 0 Å². The number of aryl methyl sites for hydroxylation is 1. The maximum Gasteiger partial charge on any atom is 0.224 e. The molecule has 0 atom stereocenters. The second-order valence-corrected chi connectivity index (χ2v) is 3.90. The molecular weight excluding hydrogens is 248 g/mol. The predicted molar refractivity (Wildman–Crippen MR) is 66.9 cm³/mol. The molecular formula is C12H16N4O3. The van der Waals surface area contributed by atoms with E-state index in [2.05, 4.69) is 20.4 Å². The highest BCUT2D eigenvalue weighted by atomic mass is 16.5. The Labute approximate surface area is 110 Å². The summed E-state index contributed by atoms with van der Waals surface area (Å²) in [5, 5.41) is 7.12. The van der Waals surface area contributed by atoms with Crippen molar-refractivity contribution in [3.05, 3.63) is 29.4 Å². The van der Waals surface area contributed by atoms with E-state index in [1.165, 1.54) is 6.33 Å². The lowest BCUT2D eigenvalue weighted by atomic mass is 10.3. The fourth-order valence-corrected chi connectivity index (χ4v) is 1.70. The highest BCUT2D eigenvalue weighted by Gasteiger charge is 2.12. The SMILES string of the molecule is COc1ncnc(OC)c1CNCc1cc(C)on1. The second-order valence-electron chi connectivity index (χ2n) is 3.90. The zero-order chi connectivity index (χ0) is 13.7. The number of ether oxygens (including phenoxy) is 2. The Hall–Kier alpha value is -2.15. The molecule has 0 aliphatic rings. The van der Waals surface area contributed by atoms with E-state index in [0.717, 1.165) is 17.0 Å². The van der Waals surface area contributed by atoms with E-state index >= 15 is 0 Å². The molecule has 0 bridgehead atoms. The van der Waals surface area contributed by atoms with Crippen LogP contribution in [0.1, 0.15) is 17.0 Å². The molecule has 0 radical (unpaired) electrons. The van der Waals surface area contributed by atoms with Gasteiger partial charge in [-0.1, -0.05) is 5.16 Å². The monoisotopic (exact) mass is 264 g/mol. The quantitative estimate of drug-likeness (QED) is 0.835. The number of nitrogens with zero attached hydrogens (tertiary/aromatic N) is 3. The van der Waals surface area contributed by atoms with Crippen LogP contribution in [0.5, 0.6) is 11.8 Å². The largest absolute Gasteiger partial charge is 0.481 e. The molecule has 2 aromatic rings. The molecule has 0 amide bonds. The summed E-state index contributed by atoms with van der Waals surface area (Å²) in [4.78, 5) is 8.10. The summed E-state index contributed by atoms with van der Waals surface area (Å²) >= 11 is 0. The first-order chi connectivity index (χ1) is 9.24. The number of aromatic nitrogens is 3. The van der Waals surface area contributed by atoms with Crippen molar-refractivity contribution in [2.75, 3.05) is 14.2 Å². The maximum atomic E-state index is 5.19. The zero-order valence-electron chi connectivity index (χ0n) is 11.1. The Bertz CT molecular complexity index is 519. The molecule has 0 fully saturated rings. The van der Waals surface area contributed by atoms with Crippen molar-refractivity contribution in [1.82, 2.24) is 20.4 Å². The normalized spacial score (nSPS) is 10.5. The average molecular weight is 264 g/mol. The minimum atomic E-state index is 0.496. The standard InChI is InChI=1S/C12H16N4O3/c1-8-4-9(16-19-8)5-13-6-10-11(17-2)14-7-15-12(10)18-3/h4,7,13H,5-6H2,1-3H3. The van der Waals surface area contributed by atoms with Crippen LogP contribution in [0.3, 0.4) is 0 Å². The van der Waals surface area contributed by atoms with Crippen molar-refractivity contribution in [3.8, 4) is 11.8 Å². The predicted octanol–water partition coefficient (Wildman–Crippen LogP) is 1.08. The van der Waals surface area contributed by atoms with E-state index in [4.69, 9.17) is 14.0 Å². The molecule has 0 spiro atoms. The third kappa shape index (κ3) is 3.19. The first-order valence-electron chi connectivity index (χ1n) is 5.79. The highest BCUT2D eigenvalue weighted by molar-refractivity contribution is 5.34. The van der Waals surface area contributed by atoms with E-state index in [9.17, 15) is 0 Å². The first kappa shape index (κ1) is 13.3. The molecule has 2 heterocycles. The van der Waals surface area contributed by atoms with Gasteiger partial charge in [0.2, 0.25) is 11.8 Å². The Morgan fingerprint density at radius 1 is 1.16 bits per heavy atom. The lowest BCUT2D eigenvalue weighted by Gasteiger charge is -2.10. The van der Waals surface area contributed by atoms with Crippen LogP contribution in [-0.2, 0) is 13.1 Å². The van der Waals surface area contributed by atoms with Crippen LogP contribution in [0.2, 0.25) is 0 Å². The fraction of sp³-hybridized carbons (Fsp3) is 0.417. The van der Waals surface area contributed by atoms with Crippen LogP contribution in [0.4, 0.5) is 0 Å². The van der Waals surface area contributed by atoms with Crippen LogP contribution < -0.4 is 14.8 Å². The third-order valence-corrected chi connectivity index (χ3v) is 2.54. The lowest BCUT2D eigenvalue weighted by molar-refractivity contribution is 0.358. The third-order valence-electron chi connectivity index (χ3n) is 2.54. The molecule has 2 aromatic heterocycles. The topological polar surface area (TPSA) is 82.3 Å². The Morgan fingerprint density at radius 3 is 2.37 bits per heavy atom. The van der Waals surface area contributed by atoms with Gasteiger partial charge in [0, 0.05) is 19.2 Å². The van der Waals surface area contributed by atoms with E-state index in [1.54, 1.807) is 14.2 Å². The molecule has 2 rings (SSSR count). The summed E-state index contributed by atoms with van der Waals surface area (Å²) < 4.78 is 15.4. The van der Waals surface area contributed by atoms with Gasteiger partial charge in [-0.25, -0.2) is 9.97 Å². The smallest absolute Gasteiger partial charge is 0.224 e. The molecule has 0 aliphatic carbocycles. The Kier molecular flexibility index (Phi) is 4.30. The van der Waals surface area contributed by atoms with Crippen molar-refractivity contribution in [3.63, 3.8) is 0 Å². The second kappa shape index (κ2) is 6.14. The summed E-state index contributed by atoms with van der Waals surface area (Å²) in [5.74, 6) is 1.78. The molecule has 1 N–H and O–H groups in total. The van der Waals surface area contributed by atoms with Crippen molar-refractivity contribution < 1.29 is 14.0 Å². The van der Waals surface area contributed by atoms with Gasteiger partial charge in [0.05, 0.1) is 25.5 Å². The minimum absolute atomic E-state index is 0.496. The minimum Gasteiger partial charge on any atom is -0.481 e. The van der Waals surface area contributed by atoms with Crippen molar-refractivity contribution >= 4 is 0 Å². The number of nitrogens with one attached hydrogen (secondary N) is 1. The maximum absolute atomic E-state index is 5.19. The van der Waals surface area contributed by atoms with Gasteiger partial charge in [0.25, 0.3) is 0 Å². The molecule has 7 nitrogen and oxygen atoms in total. The molecule has 102 valence electrons. The summed E-state index contributed by atoms with van der Waals surface area (Å²) in [6, 6.07) is 1.88. The zero-order valence-corrected chi connectivity index (χ0v) is 11.1. The van der Waals surface area contributed by atoms with Crippen LogP contribution in [0.15, 0.2) is 16.9 Å². The molecule has 0 saturated carbocycles. The molecule has 0 aliphatic heterocycles. The molecule has 7 heteroatoms. The highest BCUT2D eigenvalue weighted by Crippen LogP contribution is 2.22. The van der Waals surface area contributed by atoms with Gasteiger partial charge < -0.3 is 19.3 Å². The van der Waals surface area contributed by atoms with Gasteiger partial charge in [0.15, 0.2) is 0 Å². The molecule has 19 heavy (non-hydrogen) atoms. The van der Waals surface area contributed by atoms with Crippen LogP contribution in [-0.4, -0.2) is 29.3 Å². The van der Waals surface area contributed by atoms with Gasteiger partial charge in [-0.2, -0.15) is 0 Å². The molecule has 0 saturated heterocycles. The summed E-state index contributed by atoms with van der Waals surface area (Å²) in [7, 11) is 3.12. The number of methoxy groups -OCH3 is 2. The molecule has 0 unspecified atom stereocenters. The number of rotatable bonds is 6. The van der Waals surface area contributed by atoms with Gasteiger partial charge in [-0.15, -0.1) is 0 Å². The van der Waals surface area contributed by atoms with E-state index in [1.807, 2.05) is 13.0 Å². The van der Waals surface area contributed by atoms with Crippen LogP contribution in [0.25, 0.3) is 0 Å². The summed E-state index contributed by atoms with van der Waals surface area (Å²) in [5.41, 5.74) is 1.61. The first-order valence-corrected chi connectivity index (χ1v) is 5.79. The van der Waals surface area contributed by atoms with Gasteiger partial charge in [0.1, 0.15) is 12.1 Å².